The van der Waals surface area contributed by atoms with Gasteiger partial charge >= 0.3 is 0 Å². The maximum atomic E-state index is 5.39. The Bertz CT molecular complexity index is 943. The van der Waals surface area contributed by atoms with Gasteiger partial charge in [0.2, 0.25) is 0 Å². The van der Waals surface area contributed by atoms with Crippen LogP contribution in [0, 0.1) is 0 Å². The molecule has 0 unspecified atom stereocenters. The highest BCUT2D eigenvalue weighted by Crippen LogP contribution is 2.33. The number of methoxy groups -OCH3 is 1. The molecule has 0 saturated heterocycles. The second kappa shape index (κ2) is 5.61. The molecule has 4 rings (SSSR count). The van der Waals surface area contributed by atoms with E-state index in [2.05, 4.69) is 24.3 Å². The lowest BCUT2D eigenvalue weighted by Gasteiger charge is -2.08. The number of benzene rings is 3. The number of hydrogen-bond donors (Lipinski definition) is 0. The van der Waals surface area contributed by atoms with Crippen molar-refractivity contribution in [3.63, 3.8) is 0 Å². The average Bonchev–Trinajstić information content (AvgIpc) is 3.01. The monoisotopic (exact) mass is 300 g/mol. The number of fused-ring (bicyclic) bond motifs is 1. The summed E-state index contributed by atoms with van der Waals surface area (Å²) >= 11 is 0. The van der Waals surface area contributed by atoms with Gasteiger partial charge in [-0.2, -0.15) is 5.10 Å². The first-order valence-corrected chi connectivity index (χ1v) is 7.54. The maximum Gasteiger partial charge on any atom is 0.119 e. The Balaban J connectivity index is 2.06. The van der Waals surface area contributed by atoms with Crippen molar-refractivity contribution in [3.05, 3.63) is 78.9 Å². The summed E-state index contributed by atoms with van der Waals surface area (Å²) in [5.74, 6) is 0.835. The molecule has 0 radical (unpaired) electrons. The summed E-state index contributed by atoms with van der Waals surface area (Å²) in [6.07, 6.45) is 0. The molecule has 4 aromatic rings. The summed E-state index contributed by atoms with van der Waals surface area (Å²) in [6, 6.07) is 26.5. The van der Waals surface area contributed by atoms with Gasteiger partial charge in [0.15, 0.2) is 0 Å². The van der Waals surface area contributed by atoms with Crippen molar-refractivity contribution >= 4 is 10.9 Å². The van der Waals surface area contributed by atoms with E-state index in [1.54, 1.807) is 7.11 Å². The molecule has 0 N–H and O–H groups in total. The van der Waals surface area contributed by atoms with E-state index in [0.29, 0.717) is 0 Å². The summed E-state index contributed by atoms with van der Waals surface area (Å²) in [7, 11) is 1.69. The minimum Gasteiger partial charge on any atom is -0.497 e. The Morgan fingerprint density at radius 2 is 1.52 bits per heavy atom. The molecule has 1 heterocycles. The third-order valence-corrected chi connectivity index (χ3v) is 3.93. The lowest BCUT2D eigenvalue weighted by atomic mass is 10.1. The van der Waals surface area contributed by atoms with Gasteiger partial charge in [-0.25, -0.2) is 4.68 Å². The van der Waals surface area contributed by atoms with E-state index in [0.717, 1.165) is 33.6 Å². The Morgan fingerprint density at radius 3 is 2.22 bits per heavy atom. The van der Waals surface area contributed by atoms with Crippen LogP contribution in [0.4, 0.5) is 0 Å². The Hall–Kier alpha value is -3.07. The molecule has 0 aliphatic carbocycles. The van der Waals surface area contributed by atoms with Crippen LogP contribution in [0.15, 0.2) is 78.9 Å². The van der Waals surface area contributed by atoms with Crippen molar-refractivity contribution < 1.29 is 4.74 Å². The van der Waals surface area contributed by atoms with Crippen molar-refractivity contribution in [1.82, 2.24) is 9.78 Å². The molecule has 112 valence electrons. The van der Waals surface area contributed by atoms with Gasteiger partial charge in [0.1, 0.15) is 5.75 Å². The quantitative estimate of drug-likeness (QED) is 0.548. The van der Waals surface area contributed by atoms with Gasteiger partial charge in [0.05, 0.1) is 24.0 Å². The van der Waals surface area contributed by atoms with E-state index in [1.165, 1.54) is 0 Å². The lowest BCUT2D eigenvalue weighted by Crippen LogP contribution is -1.98. The molecule has 0 bridgehead atoms. The third-order valence-electron chi connectivity index (χ3n) is 3.93. The largest absolute Gasteiger partial charge is 0.497 e. The van der Waals surface area contributed by atoms with E-state index in [9.17, 15) is 0 Å². The average molecular weight is 300 g/mol. The van der Waals surface area contributed by atoms with Crippen LogP contribution in [0.25, 0.3) is 27.8 Å². The summed E-state index contributed by atoms with van der Waals surface area (Å²) < 4.78 is 7.39. The summed E-state index contributed by atoms with van der Waals surface area (Å²) in [5, 5.41) is 5.88. The van der Waals surface area contributed by atoms with Crippen LogP contribution in [-0.4, -0.2) is 16.9 Å². The molecule has 0 amide bonds. The van der Waals surface area contributed by atoms with Crippen LogP contribution < -0.4 is 4.74 Å². The number of ether oxygens (including phenoxy) is 1. The van der Waals surface area contributed by atoms with Gasteiger partial charge in [-0.05, 0) is 30.3 Å². The zero-order valence-corrected chi connectivity index (χ0v) is 12.8. The molecule has 0 atom stereocenters. The van der Waals surface area contributed by atoms with E-state index < -0.39 is 0 Å². The highest BCUT2D eigenvalue weighted by Gasteiger charge is 2.15. The summed E-state index contributed by atoms with van der Waals surface area (Å²) in [4.78, 5) is 0. The van der Waals surface area contributed by atoms with Crippen molar-refractivity contribution in [1.29, 1.82) is 0 Å². The van der Waals surface area contributed by atoms with E-state index in [1.807, 2.05) is 59.3 Å². The molecule has 0 fully saturated rings. The number of aromatic nitrogens is 2. The van der Waals surface area contributed by atoms with Crippen LogP contribution in [0.2, 0.25) is 0 Å². The molecule has 0 saturated carbocycles. The molecule has 1 aromatic heterocycles. The zero-order chi connectivity index (χ0) is 15.6. The normalized spacial score (nSPS) is 10.8. The molecule has 3 heteroatoms. The predicted octanol–water partition coefficient (Wildman–Crippen LogP) is 4.70. The molecule has 3 nitrogen and oxygen atoms in total. The fourth-order valence-electron chi connectivity index (χ4n) is 2.82. The second-order valence-electron chi connectivity index (χ2n) is 5.35. The SMILES string of the molecule is COc1ccc2nn(-c3ccccc3)c(-c3ccccc3)c2c1. The molecule has 3 aromatic carbocycles. The minimum atomic E-state index is 0.835. The minimum absolute atomic E-state index is 0.835. The topological polar surface area (TPSA) is 27.1 Å². The van der Waals surface area contributed by atoms with Gasteiger partial charge in [-0.1, -0.05) is 48.5 Å². The molecule has 23 heavy (non-hydrogen) atoms. The first kappa shape index (κ1) is 13.6. The second-order valence-corrected chi connectivity index (χ2v) is 5.35. The molecule has 0 aliphatic rings. The van der Waals surface area contributed by atoms with Gasteiger partial charge in [0.25, 0.3) is 0 Å². The zero-order valence-electron chi connectivity index (χ0n) is 12.8. The molecule has 0 spiro atoms. The van der Waals surface area contributed by atoms with Gasteiger partial charge in [0, 0.05) is 10.9 Å². The van der Waals surface area contributed by atoms with Crippen molar-refractivity contribution in [2.75, 3.05) is 7.11 Å². The Labute approximate surface area is 134 Å². The Kier molecular flexibility index (Phi) is 3.31. The van der Waals surface area contributed by atoms with Crippen LogP contribution in [0.1, 0.15) is 0 Å². The Morgan fingerprint density at radius 1 is 0.826 bits per heavy atom. The van der Waals surface area contributed by atoms with Crippen LogP contribution in [0.3, 0.4) is 0 Å². The van der Waals surface area contributed by atoms with E-state index in [4.69, 9.17) is 9.84 Å². The van der Waals surface area contributed by atoms with E-state index in [-0.39, 0.29) is 0 Å². The summed E-state index contributed by atoms with van der Waals surface area (Å²) in [5.41, 5.74) is 4.20. The standard InChI is InChI=1S/C20H16N2O/c1-23-17-12-13-19-18(14-17)20(15-8-4-2-5-9-15)22(21-19)16-10-6-3-7-11-16/h2-14H,1H3. The van der Waals surface area contributed by atoms with Crippen LogP contribution in [0.5, 0.6) is 5.75 Å². The fraction of sp³-hybridized carbons (Fsp3) is 0.0500. The lowest BCUT2D eigenvalue weighted by molar-refractivity contribution is 0.415. The van der Waals surface area contributed by atoms with E-state index >= 15 is 0 Å². The highest BCUT2D eigenvalue weighted by molar-refractivity contribution is 5.95. The fourth-order valence-corrected chi connectivity index (χ4v) is 2.82. The third kappa shape index (κ3) is 2.36. The number of rotatable bonds is 3. The number of hydrogen-bond acceptors (Lipinski definition) is 2. The van der Waals surface area contributed by atoms with Crippen LogP contribution in [-0.2, 0) is 0 Å². The number of para-hydroxylation sites is 1. The van der Waals surface area contributed by atoms with Crippen molar-refractivity contribution in [3.8, 4) is 22.7 Å². The van der Waals surface area contributed by atoms with Gasteiger partial charge in [-0.3, -0.25) is 0 Å². The first-order valence-electron chi connectivity index (χ1n) is 7.54. The highest BCUT2D eigenvalue weighted by atomic mass is 16.5. The van der Waals surface area contributed by atoms with Gasteiger partial charge in [-0.15, -0.1) is 0 Å². The predicted molar refractivity (Wildman–Crippen MR) is 93.1 cm³/mol. The first-order chi connectivity index (χ1) is 11.4. The van der Waals surface area contributed by atoms with Crippen molar-refractivity contribution in [2.45, 2.75) is 0 Å². The van der Waals surface area contributed by atoms with Crippen LogP contribution >= 0.6 is 0 Å². The maximum absolute atomic E-state index is 5.39. The van der Waals surface area contributed by atoms with Crippen molar-refractivity contribution in [2.24, 2.45) is 0 Å². The smallest absolute Gasteiger partial charge is 0.119 e. The molecular weight excluding hydrogens is 284 g/mol. The molecule has 0 aliphatic heterocycles. The summed E-state index contributed by atoms with van der Waals surface area (Å²) in [6.45, 7) is 0. The van der Waals surface area contributed by atoms with Gasteiger partial charge < -0.3 is 4.74 Å². The number of nitrogens with zero attached hydrogens (tertiary/aromatic N) is 2. The molecular formula is C20H16N2O.